The third-order valence-corrected chi connectivity index (χ3v) is 3.45. The van der Waals surface area contributed by atoms with Gasteiger partial charge in [0, 0.05) is 6.54 Å². The second-order valence-corrected chi connectivity index (χ2v) is 5.24. The number of hydrogen-bond acceptors (Lipinski definition) is 3. The zero-order valence-electron chi connectivity index (χ0n) is 9.00. The van der Waals surface area contributed by atoms with Gasteiger partial charge in [-0.1, -0.05) is 11.6 Å². The van der Waals surface area contributed by atoms with Gasteiger partial charge in [0.2, 0.25) is 0 Å². The van der Waals surface area contributed by atoms with Crippen LogP contribution >= 0.6 is 27.5 Å². The van der Waals surface area contributed by atoms with Crippen molar-refractivity contribution >= 4 is 27.5 Å². The molecule has 16 heavy (non-hydrogen) atoms. The van der Waals surface area contributed by atoms with Gasteiger partial charge in [-0.25, -0.2) is 4.98 Å². The van der Waals surface area contributed by atoms with Gasteiger partial charge in [-0.15, -0.1) is 0 Å². The molecule has 1 aromatic heterocycles. The number of nitrogens with zero attached hydrogens (tertiary/aromatic N) is 3. The van der Waals surface area contributed by atoms with Crippen LogP contribution in [0.25, 0.3) is 0 Å². The van der Waals surface area contributed by atoms with E-state index in [4.69, 9.17) is 16.9 Å². The van der Waals surface area contributed by atoms with Crippen molar-refractivity contribution in [1.82, 2.24) is 9.55 Å². The van der Waals surface area contributed by atoms with Gasteiger partial charge in [-0.2, -0.15) is 5.26 Å². The van der Waals surface area contributed by atoms with Crippen LogP contribution in [0.4, 0.5) is 0 Å². The molecule has 1 rings (SSSR count). The Morgan fingerprint density at radius 1 is 1.69 bits per heavy atom. The van der Waals surface area contributed by atoms with Crippen LogP contribution < -0.4 is 5.56 Å². The van der Waals surface area contributed by atoms with E-state index in [0.29, 0.717) is 13.0 Å². The number of aromatic nitrogens is 2. The summed E-state index contributed by atoms with van der Waals surface area (Å²) >= 11 is 8.75. The van der Waals surface area contributed by atoms with Gasteiger partial charge in [0.05, 0.1) is 17.8 Å². The molecule has 0 unspecified atom stereocenters. The lowest BCUT2D eigenvalue weighted by molar-refractivity contribution is 0.407. The first-order chi connectivity index (χ1) is 7.37. The quantitative estimate of drug-likeness (QED) is 0.807. The van der Waals surface area contributed by atoms with Crippen molar-refractivity contribution in [3.05, 3.63) is 26.3 Å². The molecule has 0 bridgehead atoms. The fraction of sp³-hybridized carbons (Fsp3) is 0.500. The molecule has 0 spiro atoms. The van der Waals surface area contributed by atoms with E-state index in [2.05, 4.69) is 27.0 Å². The van der Waals surface area contributed by atoms with Crippen LogP contribution in [0, 0.1) is 16.7 Å². The van der Waals surface area contributed by atoms with Gasteiger partial charge in [0.1, 0.15) is 4.47 Å². The van der Waals surface area contributed by atoms with E-state index in [1.54, 1.807) is 0 Å². The van der Waals surface area contributed by atoms with E-state index in [1.165, 1.54) is 10.9 Å². The summed E-state index contributed by atoms with van der Waals surface area (Å²) in [4.78, 5) is 15.6. The molecule has 0 radical (unpaired) electrons. The normalized spacial score (nSPS) is 11.2. The highest BCUT2D eigenvalue weighted by atomic mass is 79.9. The summed E-state index contributed by atoms with van der Waals surface area (Å²) in [6.45, 7) is 4.11. The molecule has 0 aliphatic rings. The van der Waals surface area contributed by atoms with Crippen molar-refractivity contribution in [3.8, 4) is 6.07 Å². The van der Waals surface area contributed by atoms with Gasteiger partial charge in [0.15, 0.2) is 5.15 Å². The average Bonchev–Trinajstić information content (AvgIpc) is 2.25. The van der Waals surface area contributed by atoms with Crippen molar-refractivity contribution in [3.63, 3.8) is 0 Å². The molecule has 0 atom stereocenters. The summed E-state index contributed by atoms with van der Waals surface area (Å²) in [6.07, 6.45) is 1.97. The Morgan fingerprint density at radius 2 is 2.31 bits per heavy atom. The van der Waals surface area contributed by atoms with Crippen LogP contribution in [0.5, 0.6) is 0 Å². The standard InChI is InChI=1S/C10H11BrClN3O/c1-10(2,5-13)3-4-15-6-14-8(12)7(11)9(15)16/h6H,3-4H2,1-2H3. The monoisotopic (exact) mass is 303 g/mol. The Balaban J connectivity index is 2.89. The summed E-state index contributed by atoms with van der Waals surface area (Å²) in [5.41, 5.74) is -0.681. The molecular formula is C10H11BrClN3O. The highest BCUT2D eigenvalue weighted by Gasteiger charge is 2.17. The van der Waals surface area contributed by atoms with Crippen LogP contribution in [0.2, 0.25) is 5.15 Å². The first-order valence-electron chi connectivity index (χ1n) is 4.69. The first-order valence-corrected chi connectivity index (χ1v) is 5.86. The predicted molar refractivity (Wildman–Crippen MR) is 65.2 cm³/mol. The second kappa shape index (κ2) is 4.98. The number of halogens is 2. The smallest absolute Gasteiger partial charge is 0.269 e. The predicted octanol–water partition coefficient (Wildman–Crippen LogP) is 2.60. The minimum Gasteiger partial charge on any atom is -0.298 e. The van der Waals surface area contributed by atoms with Gasteiger partial charge < -0.3 is 0 Å². The molecule has 0 saturated heterocycles. The van der Waals surface area contributed by atoms with E-state index >= 15 is 0 Å². The molecule has 0 N–H and O–H groups in total. The fourth-order valence-corrected chi connectivity index (χ4v) is 1.51. The van der Waals surface area contributed by atoms with E-state index in [-0.39, 0.29) is 15.2 Å². The molecule has 0 aliphatic carbocycles. The van der Waals surface area contributed by atoms with E-state index in [0.717, 1.165) is 0 Å². The molecule has 0 aliphatic heterocycles. The minimum atomic E-state index is -0.453. The zero-order valence-corrected chi connectivity index (χ0v) is 11.3. The van der Waals surface area contributed by atoms with E-state index < -0.39 is 5.41 Å². The van der Waals surface area contributed by atoms with Crippen LogP contribution in [-0.4, -0.2) is 9.55 Å². The van der Waals surface area contributed by atoms with Gasteiger partial charge >= 0.3 is 0 Å². The highest BCUT2D eigenvalue weighted by molar-refractivity contribution is 9.10. The average molecular weight is 305 g/mol. The first kappa shape index (κ1) is 13.2. The van der Waals surface area contributed by atoms with Crippen LogP contribution in [0.15, 0.2) is 15.6 Å². The zero-order chi connectivity index (χ0) is 12.3. The summed E-state index contributed by atoms with van der Waals surface area (Å²) in [5, 5.41) is 9.01. The van der Waals surface area contributed by atoms with E-state index in [9.17, 15) is 4.79 Å². The van der Waals surface area contributed by atoms with Crippen molar-refractivity contribution in [2.24, 2.45) is 5.41 Å². The Morgan fingerprint density at radius 3 is 2.88 bits per heavy atom. The Hall–Kier alpha value is -0.860. The molecule has 1 aromatic rings. The number of rotatable bonds is 3. The summed E-state index contributed by atoms with van der Waals surface area (Å²) in [6, 6.07) is 2.18. The van der Waals surface area contributed by atoms with E-state index in [1.807, 2.05) is 13.8 Å². The van der Waals surface area contributed by atoms with Crippen LogP contribution in [0.3, 0.4) is 0 Å². The number of nitriles is 1. The molecule has 0 fully saturated rings. The summed E-state index contributed by atoms with van der Waals surface area (Å²) in [7, 11) is 0. The number of hydrogen-bond donors (Lipinski definition) is 0. The summed E-state index contributed by atoms with van der Waals surface area (Å²) < 4.78 is 1.70. The Labute approximate surface area is 107 Å². The Bertz CT molecular complexity index is 490. The molecular weight excluding hydrogens is 293 g/mol. The molecule has 6 heteroatoms. The lowest BCUT2D eigenvalue weighted by Crippen LogP contribution is -2.24. The Kier molecular flexibility index (Phi) is 4.11. The third kappa shape index (κ3) is 3.06. The van der Waals surface area contributed by atoms with Crippen LogP contribution in [0.1, 0.15) is 20.3 Å². The van der Waals surface area contributed by atoms with Crippen molar-refractivity contribution in [1.29, 1.82) is 5.26 Å². The van der Waals surface area contributed by atoms with Gasteiger partial charge in [-0.05, 0) is 36.2 Å². The lowest BCUT2D eigenvalue weighted by atomic mass is 9.91. The third-order valence-electron chi connectivity index (χ3n) is 2.22. The van der Waals surface area contributed by atoms with Gasteiger partial charge in [-0.3, -0.25) is 9.36 Å². The van der Waals surface area contributed by atoms with Gasteiger partial charge in [0.25, 0.3) is 5.56 Å². The van der Waals surface area contributed by atoms with Crippen molar-refractivity contribution in [2.45, 2.75) is 26.8 Å². The fourth-order valence-electron chi connectivity index (χ4n) is 1.06. The van der Waals surface area contributed by atoms with Crippen molar-refractivity contribution in [2.75, 3.05) is 0 Å². The molecule has 0 aromatic carbocycles. The summed E-state index contributed by atoms with van der Waals surface area (Å²) in [5.74, 6) is 0. The lowest BCUT2D eigenvalue weighted by Gasteiger charge is -2.15. The molecule has 0 amide bonds. The molecule has 4 nitrogen and oxygen atoms in total. The molecule has 86 valence electrons. The number of aryl methyl sites for hydroxylation is 1. The maximum Gasteiger partial charge on any atom is 0.269 e. The highest BCUT2D eigenvalue weighted by Crippen LogP contribution is 2.19. The SMILES string of the molecule is CC(C)(C#N)CCn1cnc(Cl)c(Br)c1=O. The second-order valence-electron chi connectivity index (χ2n) is 4.09. The topological polar surface area (TPSA) is 58.7 Å². The maximum absolute atomic E-state index is 11.7. The molecule has 0 saturated carbocycles. The van der Waals surface area contributed by atoms with Crippen molar-refractivity contribution < 1.29 is 0 Å². The maximum atomic E-state index is 11.7. The minimum absolute atomic E-state index is 0.154. The molecule has 1 heterocycles. The van der Waals surface area contributed by atoms with Crippen LogP contribution in [-0.2, 0) is 6.54 Å². The largest absolute Gasteiger partial charge is 0.298 e.